The van der Waals surface area contributed by atoms with Gasteiger partial charge >= 0.3 is 0 Å². The first-order valence-electron chi connectivity index (χ1n) is 8.05. The molecule has 2 aromatic heterocycles. The average molecular weight is 416 g/mol. The summed E-state index contributed by atoms with van der Waals surface area (Å²) in [6, 6.07) is 11.3. The molecule has 28 heavy (non-hydrogen) atoms. The van der Waals surface area contributed by atoms with Gasteiger partial charge in [0.25, 0.3) is 5.69 Å². The molecule has 0 radical (unpaired) electrons. The molecule has 0 fully saturated rings. The Morgan fingerprint density at radius 2 is 1.96 bits per heavy atom. The van der Waals surface area contributed by atoms with Gasteiger partial charge in [0.15, 0.2) is 5.76 Å². The molecule has 0 unspecified atom stereocenters. The van der Waals surface area contributed by atoms with Gasteiger partial charge in [0, 0.05) is 34.2 Å². The number of halogens is 2. The number of anilines is 1. The minimum atomic E-state index is -0.466. The highest BCUT2D eigenvalue weighted by molar-refractivity contribution is 6.36. The molecule has 1 N–H and O–H groups in total. The fourth-order valence-electron chi connectivity index (χ4n) is 2.69. The third kappa shape index (κ3) is 3.60. The molecule has 8 nitrogen and oxygen atoms in total. The monoisotopic (exact) mass is 415 g/mol. The van der Waals surface area contributed by atoms with Crippen molar-refractivity contribution in [3.8, 4) is 11.3 Å². The van der Waals surface area contributed by atoms with Crippen LogP contribution in [-0.4, -0.2) is 20.0 Å². The van der Waals surface area contributed by atoms with Crippen LogP contribution < -0.4 is 5.32 Å². The lowest BCUT2D eigenvalue weighted by Gasteiger charge is -2.06. The summed E-state index contributed by atoms with van der Waals surface area (Å²) < 4.78 is 5.35. The van der Waals surface area contributed by atoms with Crippen LogP contribution in [0.4, 0.5) is 11.5 Å². The quantitative estimate of drug-likeness (QED) is 0.356. The van der Waals surface area contributed by atoms with E-state index >= 15 is 0 Å². The van der Waals surface area contributed by atoms with E-state index in [2.05, 4.69) is 20.4 Å². The molecule has 0 atom stereocenters. The number of nitro benzene ring substituents is 1. The highest BCUT2D eigenvalue weighted by Gasteiger charge is 2.13. The maximum Gasteiger partial charge on any atom is 0.271 e. The van der Waals surface area contributed by atoms with Gasteiger partial charge in [0.05, 0.1) is 22.0 Å². The fraction of sp³-hybridized carbons (Fsp3) is 0.0556. The van der Waals surface area contributed by atoms with Crippen molar-refractivity contribution in [2.24, 2.45) is 0 Å². The van der Waals surface area contributed by atoms with Gasteiger partial charge in [-0.15, -0.1) is 0 Å². The number of nitro groups is 1. The summed E-state index contributed by atoms with van der Waals surface area (Å²) in [4.78, 5) is 18.7. The molecule has 140 valence electrons. The molecule has 4 rings (SSSR count). The predicted molar refractivity (Wildman–Crippen MR) is 105 cm³/mol. The van der Waals surface area contributed by atoms with Gasteiger partial charge in [-0.1, -0.05) is 28.4 Å². The van der Waals surface area contributed by atoms with E-state index in [0.717, 1.165) is 0 Å². The van der Waals surface area contributed by atoms with Gasteiger partial charge in [-0.2, -0.15) is 0 Å². The minimum Gasteiger partial charge on any atom is -0.362 e. The van der Waals surface area contributed by atoms with E-state index in [1.165, 1.54) is 18.5 Å². The fourth-order valence-corrected chi connectivity index (χ4v) is 3.20. The zero-order valence-electron chi connectivity index (χ0n) is 14.1. The summed E-state index contributed by atoms with van der Waals surface area (Å²) in [7, 11) is 0. The molecular formula is C18H11Cl2N5O3. The summed E-state index contributed by atoms with van der Waals surface area (Å²) >= 11 is 12.1. The Bertz CT molecular complexity index is 1200. The van der Waals surface area contributed by atoms with Crippen LogP contribution in [0.5, 0.6) is 0 Å². The van der Waals surface area contributed by atoms with Crippen LogP contribution in [0.15, 0.2) is 53.3 Å². The second-order valence-electron chi connectivity index (χ2n) is 5.84. The molecule has 0 aliphatic heterocycles. The molecular weight excluding hydrogens is 405 g/mol. The summed E-state index contributed by atoms with van der Waals surface area (Å²) in [6.45, 7) is 0.307. The van der Waals surface area contributed by atoms with Crippen LogP contribution in [0, 0.1) is 10.1 Å². The molecule has 10 heteroatoms. The molecule has 4 aromatic rings. The van der Waals surface area contributed by atoms with Gasteiger partial charge in [-0.3, -0.25) is 10.1 Å². The van der Waals surface area contributed by atoms with Gasteiger partial charge < -0.3 is 9.84 Å². The maximum absolute atomic E-state index is 10.9. The van der Waals surface area contributed by atoms with Gasteiger partial charge in [0.1, 0.15) is 17.8 Å². The van der Waals surface area contributed by atoms with E-state index in [0.29, 0.717) is 50.3 Å². The van der Waals surface area contributed by atoms with Gasteiger partial charge in [0.2, 0.25) is 0 Å². The van der Waals surface area contributed by atoms with Crippen molar-refractivity contribution in [3.63, 3.8) is 0 Å². The Morgan fingerprint density at radius 3 is 2.75 bits per heavy atom. The molecule has 0 spiro atoms. The van der Waals surface area contributed by atoms with Crippen molar-refractivity contribution in [2.75, 3.05) is 5.32 Å². The number of rotatable bonds is 5. The van der Waals surface area contributed by atoms with E-state index in [-0.39, 0.29) is 5.69 Å². The zero-order valence-corrected chi connectivity index (χ0v) is 15.6. The van der Waals surface area contributed by atoms with Crippen LogP contribution in [0.3, 0.4) is 0 Å². The predicted octanol–water partition coefficient (Wildman–Crippen LogP) is 5.11. The van der Waals surface area contributed by atoms with E-state index in [4.69, 9.17) is 27.7 Å². The third-order valence-electron chi connectivity index (χ3n) is 4.03. The molecule has 0 aliphatic carbocycles. The van der Waals surface area contributed by atoms with Crippen LogP contribution >= 0.6 is 23.2 Å². The lowest BCUT2D eigenvalue weighted by molar-refractivity contribution is -0.384. The normalized spacial score (nSPS) is 10.9. The van der Waals surface area contributed by atoms with Crippen molar-refractivity contribution in [1.29, 1.82) is 0 Å². The largest absolute Gasteiger partial charge is 0.362 e. The van der Waals surface area contributed by atoms with E-state index in [1.54, 1.807) is 30.3 Å². The highest BCUT2D eigenvalue weighted by Crippen LogP contribution is 2.30. The number of fused-ring (bicyclic) bond motifs is 1. The number of aromatic nitrogens is 3. The van der Waals surface area contributed by atoms with E-state index in [9.17, 15) is 10.1 Å². The number of hydrogen-bond donors (Lipinski definition) is 1. The summed E-state index contributed by atoms with van der Waals surface area (Å²) in [5.41, 5.74) is 1.73. The first kappa shape index (κ1) is 18.1. The topological polar surface area (TPSA) is 107 Å². The van der Waals surface area contributed by atoms with Gasteiger partial charge in [-0.05, 0) is 24.3 Å². The molecule has 0 saturated heterocycles. The molecule has 2 heterocycles. The number of non-ortho nitro benzene ring substituents is 1. The van der Waals surface area contributed by atoms with E-state index < -0.39 is 4.92 Å². The first-order chi connectivity index (χ1) is 13.5. The molecule has 0 bridgehead atoms. The average Bonchev–Trinajstić information content (AvgIpc) is 3.14. The van der Waals surface area contributed by atoms with Crippen LogP contribution in [0.1, 0.15) is 5.76 Å². The van der Waals surface area contributed by atoms with Crippen LogP contribution in [0.2, 0.25) is 10.0 Å². The SMILES string of the molecule is O=[N+]([O-])c1ccc2c(NCc3cc(-c4ccc(Cl)cc4Cl)no3)ncnc2c1. The number of benzene rings is 2. The summed E-state index contributed by atoms with van der Waals surface area (Å²) in [5.74, 6) is 1.09. The Balaban J connectivity index is 1.55. The molecule has 0 saturated carbocycles. The standard InChI is InChI=1S/C18H11Cl2N5O3/c19-10-1-3-13(15(20)5-10)17-7-12(28-24-17)8-21-18-14-4-2-11(25(26)27)6-16(14)22-9-23-18/h1-7,9H,8H2,(H,21,22,23). The van der Waals surface area contributed by atoms with Crippen LogP contribution in [-0.2, 0) is 6.54 Å². The minimum absolute atomic E-state index is 0.0307. The number of nitrogens with zero attached hydrogens (tertiary/aromatic N) is 4. The summed E-state index contributed by atoms with van der Waals surface area (Å²) in [5, 5.41) is 19.8. The lowest BCUT2D eigenvalue weighted by Crippen LogP contribution is -2.02. The van der Waals surface area contributed by atoms with E-state index in [1.807, 2.05) is 0 Å². The Labute approximate surface area is 168 Å². The zero-order chi connectivity index (χ0) is 19.7. The Morgan fingerprint density at radius 1 is 1.11 bits per heavy atom. The van der Waals surface area contributed by atoms with Gasteiger partial charge in [-0.25, -0.2) is 9.97 Å². The Kier molecular flexibility index (Phi) is 4.81. The first-order valence-corrected chi connectivity index (χ1v) is 8.81. The lowest BCUT2D eigenvalue weighted by atomic mass is 10.1. The second kappa shape index (κ2) is 7.41. The smallest absolute Gasteiger partial charge is 0.271 e. The number of hydrogen-bond acceptors (Lipinski definition) is 7. The number of nitrogens with one attached hydrogen (secondary N) is 1. The van der Waals surface area contributed by atoms with Crippen molar-refractivity contribution >= 4 is 45.6 Å². The van der Waals surface area contributed by atoms with Crippen molar-refractivity contribution in [2.45, 2.75) is 6.54 Å². The Hall–Kier alpha value is -3.23. The molecule has 2 aromatic carbocycles. The molecule has 0 amide bonds. The van der Waals surface area contributed by atoms with Crippen molar-refractivity contribution < 1.29 is 9.45 Å². The van der Waals surface area contributed by atoms with Crippen LogP contribution in [0.25, 0.3) is 22.2 Å². The van der Waals surface area contributed by atoms with Crippen molar-refractivity contribution in [1.82, 2.24) is 15.1 Å². The highest BCUT2D eigenvalue weighted by atomic mass is 35.5. The summed E-state index contributed by atoms with van der Waals surface area (Å²) in [6.07, 6.45) is 1.34. The second-order valence-corrected chi connectivity index (χ2v) is 6.68. The maximum atomic E-state index is 10.9. The third-order valence-corrected chi connectivity index (χ3v) is 4.57. The van der Waals surface area contributed by atoms with Crippen molar-refractivity contribution in [3.05, 3.63) is 74.7 Å². The molecule has 0 aliphatic rings.